The van der Waals surface area contributed by atoms with E-state index in [4.69, 9.17) is 21.6 Å². The third kappa shape index (κ3) is 7.41. The molecule has 1 aliphatic carbocycles. The van der Waals surface area contributed by atoms with Crippen LogP contribution in [0.5, 0.6) is 5.75 Å². The van der Waals surface area contributed by atoms with Crippen molar-refractivity contribution in [2.75, 3.05) is 24.5 Å². The number of carbonyl (C=O) groups is 5. The monoisotopic (exact) mass is 766 g/mol. The molecule has 0 radical (unpaired) electrons. The molecular weight excluding hydrogens is 727 g/mol. The number of hydrogen-bond acceptors (Lipinski definition) is 9. The molecule has 1 saturated carbocycles. The molecule has 0 bridgehead atoms. The van der Waals surface area contributed by atoms with Crippen LogP contribution >= 0.6 is 11.6 Å². The van der Waals surface area contributed by atoms with Crippen LogP contribution in [-0.4, -0.2) is 82.8 Å². The fourth-order valence-electron chi connectivity index (χ4n) is 8.54. The first-order valence-corrected chi connectivity index (χ1v) is 19.2. The molecule has 0 aromatic heterocycles. The van der Waals surface area contributed by atoms with Crippen molar-refractivity contribution in [1.29, 1.82) is 5.26 Å². The molecule has 2 N–H and O–H groups in total. The molecule has 12 nitrogen and oxygen atoms in total. The lowest BCUT2D eigenvalue weighted by atomic mass is 9.92. The molecule has 3 fully saturated rings. The summed E-state index contributed by atoms with van der Waals surface area (Å²) in [5.74, 6) is -1.65. The van der Waals surface area contributed by atoms with E-state index < -0.39 is 35.3 Å². The Morgan fingerprint density at radius 2 is 1.58 bits per heavy atom. The van der Waals surface area contributed by atoms with Gasteiger partial charge in [-0.05, 0) is 91.8 Å². The number of hydrogen-bond donors (Lipinski definition) is 2. The number of piperidine rings is 2. The van der Waals surface area contributed by atoms with E-state index in [0.717, 1.165) is 47.4 Å². The highest BCUT2D eigenvalue weighted by molar-refractivity contribution is 6.31. The zero-order chi connectivity index (χ0) is 38.4. The Balaban J connectivity index is 0.797. The van der Waals surface area contributed by atoms with Crippen molar-refractivity contribution in [2.24, 2.45) is 0 Å². The van der Waals surface area contributed by atoms with E-state index in [1.165, 1.54) is 0 Å². The van der Waals surface area contributed by atoms with Crippen LogP contribution in [0.4, 0.5) is 10.1 Å². The van der Waals surface area contributed by atoms with Gasteiger partial charge in [0.05, 0.1) is 27.8 Å². The summed E-state index contributed by atoms with van der Waals surface area (Å²) in [6, 6.07) is 17.0. The Bertz CT molecular complexity index is 2080. The fraction of sp³-hybridized carbons (Fsp3) is 0.415. The second-order valence-electron chi connectivity index (χ2n) is 15.3. The van der Waals surface area contributed by atoms with E-state index in [-0.39, 0.29) is 48.6 Å². The number of nitriles is 1. The van der Waals surface area contributed by atoms with Crippen molar-refractivity contribution in [1.82, 2.24) is 20.4 Å². The van der Waals surface area contributed by atoms with Crippen LogP contribution in [0.3, 0.4) is 0 Å². The maximum absolute atomic E-state index is 16.3. The summed E-state index contributed by atoms with van der Waals surface area (Å²) in [5.41, 5.74) is 2.70. The number of ether oxygens (including phenoxy) is 1. The Kier molecular flexibility index (Phi) is 9.81. The maximum Gasteiger partial charge on any atom is 0.262 e. The van der Waals surface area contributed by atoms with Gasteiger partial charge in [0.2, 0.25) is 11.8 Å². The Morgan fingerprint density at radius 1 is 0.927 bits per heavy atom. The maximum atomic E-state index is 16.3. The number of benzene rings is 3. The number of alkyl halides is 1. The van der Waals surface area contributed by atoms with E-state index >= 15 is 4.39 Å². The van der Waals surface area contributed by atoms with Crippen molar-refractivity contribution < 1.29 is 33.1 Å². The van der Waals surface area contributed by atoms with Gasteiger partial charge in [-0.25, -0.2) is 4.39 Å². The Labute approximate surface area is 322 Å². The van der Waals surface area contributed by atoms with Crippen LogP contribution in [0.25, 0.3) is 0 Å². The van der Waals surface area contributed by atoms with Gasteiger partial charge in [-0.3, -0.25) is 39.1 Å². The first-order valence-electron chi connectivity index (χ1n) is 18.8. The first-order chi connectivity index (χ1) is 26.5. The molecule has 2 saturated heterocycles. The van der Waals surface area contributed by atoms with Crippen LogP contribution in [0.1, 0.15) is 99.1 Å². The largest absolute Gasteiger partial charge is 0.490 e. The molecule has 284 valence electrons. The Morgan fingerprint density at radius 3 is 2.18 bits per heavy atom. The predicted octanol–water partition coefficient (Wildman–Crippen LogP) is 5.06. The summed E-state index contributed by atoms with van der Waals surface area (Å²) >= 11 is 6.14. The average Bonchev–Trinajstić information content (AvgIpc) is 3.67. The van der Waals surface area contributed by atoms with Crippen molar-refractivity contribution in [3.05, 3.63) is 93.0 Å². The van der Waals surface area contributed by atoms with Gasteiger partial charge in [-0.15, -0.1) is 0 Å². The van der Waals surface area contributed by atoms with Crippen LogP contribution in [0, 0.1) is 11.3 Å². The average molecular weight is 767 g/mol. The number of amides is 5. The molecule has 1 atom stereocenters. The third-order valence-electron chi connectivity index (χ3n) is 11.6. The first kappa shape index (κ1) is 36.6. The van der Waals surface area contributed by atoms with Crippen molar-refractivity contribution in [2.45, 2.75) is 88.3 Å². The molecule has 1 unspecified atom stereocenters. The van der Waals surface area contributed by atoms with Crippen molar-refractivity contribution in [3.63, 3.8) is 0 Å². The number of carbonyl (C=O) groups excluding carboxylic acids is 5. The van der Waals surface area contributed by atoms with E-state index in [1.54, 1.807) is 30.3 Å². The normalized spacial score (nSPS) is 23.5. The number of fused-ring (bicyclic) bond motifs is 2. The lowest BCUT2D eigenvalue weighted by molar-refractivity contribution is -0.136. The smallest absolute Gasteiger partial charge is 0.262 e. The van der Waals surface area contributed by atoms with Gasteiger partial charge in [0, 0.05) is 75.3 Å². The minimum absolute atomic E-state index is 0.0112. The van der Waals surface area contributed by atoms with Crippen LogP contribution < -0.4 is 20.3 Å². The van der Waals surface area contributed by atoms with Gasteiger partial charge in [0.25, 0.3) is 17.7 Å². The summed E-state index contributed by atoms with van der Waals surface area (Å²) in [7, 11) is 0. The number of imide groups is 2. The third-order valence-corrected chi connectivity index (χ3v) is 11.9. The molecule has 3 aromatic carbocycles. The van der Waals surface area contributed by atoms with Crippen LogP contribution in [-0.2, 0) is 22.7 Å². The lowest BCUT2D eigenvalue weighted by Gasteiger charge is -2.39. The molecule has 0 spiro atoms. The molecule has 55 heavy (non-hydrogen) atoms. The van der Waals surface area contributed by atoms with Gasteiger partial charge in [-0.1, -0.05) is 11.6 Å². The minimum Gasteiger partial charge on any atom is -0.490 e. The van der Waals surface area contributed by atoms with Gasteiger partial charge in [0.1, 0.15) is 23.5 Å². The number of nitrogens with zero attached hydrogens (tertiary/aromatic N) is 4. The molecule has 8 rings (SSSR count). The summed E-state index contributed by atoms with van der Waals surface area (Å²) in [4.78, 5) is 68.7. The van der Waals surface area contributed by atoms with Crippen molar-refractivity contribution >= 4 is 46.8 Å². The number of rotatable bonds is 8. The van der Waals surface area contributed by atoms with Gasteiger partial charge < -0.3 is 15.0 Å². The highest BCUT2D eigenvalue weighted by Gasteiger charge is 2.46. The van der Waals surface area contributed by atoms with E-state index in [1.807, 2.05) is 35.2 Å². The Hall–Kier alpha value is -5.32. The summed E-state index contributed by atoms with van der Waals surface area (Å²) in [6.07, 6.45) is 3.98. The summed E-state index contributed by atoms with van der Waals surface area (Å²) < 4.78 is 22.3. The SMILES string of the molecule is N#Cc1ccc(O[C@H]2CC[C@H](NC(=O)c3ccc(N4CCC(F)(CN5Cc6cc7c(cc6C5)C(=O)N(C5CCC(=O)NC5=O)C7=O)CC4)cc3)CC2)cc1Cl. The number of nitrogens with one attached hydrogen (secondary N) is 2. The van der Waals surface area contributed by atoms with Crippen LogP contribution in [0.2, 0.25) is 5.02 Å². The van der Waals surface area contributed by atoms with Gasteiger partial charge in [0.15, 0.2) is 0 Å². The zero-order valence-electron chi connectivity index (χ0n) is 30.1. The van der Waals surface area contributed by atoms with Gasteiger partial charge >= 0.3 is 0 Å². The topological polar surface area (TPSA) is 152 Å². The molecule has 14 heteroatoms. The standard InChI is InChI=1S/C41H40ClFN6O6/c42-34-19-31(8-3-25(34)20-44)55-30-9-4-28(5-10-30)45-37(51)24-1-6-29(7-2-24)48-15-13-41(43,14-16-48)23-47-21-26-17-32-33(18-27(26)22-47)40(54)49(39(32)53)35-11-12-36(50)46-38(35)52/h1-3,6-8,17-19,28,30,35H,4-5,9-16,21-23H2,(H,45,51)(H,46,50,52)/t28-,30-,35?. The number of halogens is 2. The zero-order valence-corrected chi connectivity index (χ0v) is 30.9. The summed E-state index contributed by atoms with van der Waals surface area (Å²) in [6.45, 7) is 2.17. The minimum atomic E-state index is -1.41. The second-order valence-corrected chi connectivity index (χ2v) is 15.7. The fourth-order valence-corrected chi connectivity index (χ4v) is 8.76. The van der Waals surface area contributed by atoms with Gasteiger partial charge in [-0.2, -0.15) is 5.26 Å². The molecule has 3 aromatic rings. The summed E-state index contributed by atoms with van der Waals surface area (Å²) in [5, 5.41) is 14.8. The van der Waals surface area contributed by atoms with Crippen LogP contribution in [0.15, 0.2) is 54.6 Å². The molecule has 4 heterocycles. The lowest BCUT2D eigenvalue weighted by Crippen LogP contribution is -2.54. The molecule has 5 amide bonds. The highest BCUT2D eigenvalue weighted by Crippen LogP contribution is 2.37. The quantitative estimate of drug-likeness (QED) is 0.300. The second kappa shape index (κ2) is 14.7. The molecule has 5 aliphatic rings. The van der Waals surface area contributed by atoms with E-state index in [9.17, 15) is 24.0 Å². The van der Waals surface area contributed by atoms with E-state index in [0.29, 0.717) is 60.9 Å². The molecule has 4 aliphatic heterocycles. The predicted molar refractivity (Wildman–Crippen MR) is 199 cm³/mol. The number of anilines is 1. The van der Waals surface area contributed by atoms with Crippen molar-refractivity contribution in [3.8, 4) is 11.8 Å². The van der Waals surface area contributed by atoms with E-state index in [2.05, 4.69) is 15.5 Å². The molecular formula is C41H40ClFN6O6. The highest BCUT2D eigenvalue weighted by atomic mass is 35.5.